The Hall–Kier alpha value is -3.62. The van der Waals surface area contributed by atoms with Crippen molar-refractivity contribution in [1.29, 1.82) is 0 Å². The average Bonchev–Trinajstić information content (AvgIpc) is 3.58. The normalized spacial score (nSPS) is 17.6. The van der Waals surface area contributed by atoms with Gasteiger partial charge in [0.25, 0.3) is 0 Å². The van der Waals surface area contributed by atoms with E-state index in [1.165, 1.54) is 12.1 Å². The van der Waals surface area contributed by atoms with Crippen LogP contribution in [0.3, 0.4) is 0 Å². The fraction of sp³-hybridized carbons (Fsp3) is 0.261. The lowest BCUT2D eigenvalue weighted by molar-refractivity contribution is -0.139. The number of rotatable bonds is 7. The van der Waals surface area contributed by atoms with Crippen LogP contribution in [0.25, 0.3) is 11.1 Å². The smallest absolute Gasteiger partial charge is 0.416 e. The molecule has 4 rings (SSSR count). The SMILES string of the molecule is COc1ccc(-c2cnnc(COc3ccc(C(F)(F)F)cc3)c2)cc1C1CC1C(=O)O. The van der Waals surface area contributed by atoms with E-state index in [4.69, 9.17) is 9.47 Å². The molecule has 32 heavy (non-hydrogen) atoms. The Morgan fingerprint density at radius 1 is 1.12 bits per heavy atom. The van der Waals surface area contributed by atoms with Crippen LogP contribution in [0.1, 0.15) is 29.2 Å². The summed E-state index contributed by atoms with van der Waals surface area (Å²) in [5.41, 5.74) is 2.15. The Balaban J connectivity index is 1.50. The Morgan fingerprint density at radius 2 is 1.88 bits per heavy atom. The number of hydrogen-bond acceptors (Lipinski definition) is 5. The van der Waals surface area contributed by atoms with E-state index < -0.39 is 23.6 Å². The van der Waals surface area contributed by atoms with Crippen LogP contribution in [0.5, 0.6) is 11.5 Å². The van der Waals surface area contributed by atoms with Crippen LogP contribution >= 0.6 is 0 Å². The molecule has 0 amide bonds. The summed E-state index contributed by atoms with van der Waals surface area (Å²) in [6.45, 7) is 0.0267. The first kappa shape index (κ1) is 21.6. The summed E-state index contributed by atoms with van der Waals surface area (Å²) >= 11 is 0. The Bertz CT molecular complexity index is 1130. The van der Waals surface area contributed by atoms with Gasteiger partial charge in [0.2, 0.25) is 0 Å². The summed E-state index contributed by atoms with van der Waals surface area (Å²) in [7, 11) is 1.54. The van der Waals surface area contributed by atoms with Crippen molar-refractivity contribution in [1.82, 2.24) is 10.2 Å². The molecule has 1 aliphatic rings. The Kier molecular flexibility index (Phi) is 5.73. The van der Waals surface area contributed by atoms with Crippen molar-refractivity contribution >= 4 is 5.97 Å². The second kappa shape index (κ2) is 8.49. The average molecular weight is 444 g/mol. The summed E-state index contributed by atoms with van der Waals surface area (Å²) in [6, 6.07) is 11.7. The molecule has 9 heteroatoms. The molecule has 0 aliphatic heterocycles. The van der Waals surface area contributed by atoms with Crippen molar-refractivity contribution in [3.05, 3.63) is 71.5 Å². The molecule has 1 N–H and O–H groups in total. The summed E-state index contributed by atoms with van der Waals surface area (Å²) in [6.07, 6.45) is -2.26. The number of ether oxygens (including phenoxy) is 2. The van der Waals surface area contributed by atoms with Gasteiger partial charge in [0.1, 0.15) is 23.8 Å². The molecule has 0 radical (unpaired) electrons. The maximum atomic E-state index is 12.7. The molecule has 3 aromatic rings. The molecule has 166 valence electrons. The second-order valence-electron chi connectivity index (χ2n) is 7.49. The van der Waals surface area contributed by atoms with Crippen molar-refractivity contribution in [2.75, 3.05) is 7.11 Å². The van der Waals surface area contributed by atoms with Gasteiger partial charge in [-0.15, -0.1) is 0 Å². The van der Waals surface area contributed by atoms with E-state index in [-0.39, 0.29) is 18.3 Å². The number of methoxy groups -OCH3 is 1. The lowest BCUT2D eigenvalue weighted by Crippen LogP contribution is -2.05. The molecule has 0 spiro atoms. The monoisotopic (exact) mass is 444 g/mol. The van der Waals surface area contributed by atoms with Crippen molar-refractivity contribution in [3.8, 4) is 22.6 Å². The summed E-state index contributed by atoms with van der Waals surface area (Å²) < 4.78 is 49.0. The number of carboxylic acids is 1. The van der Waals surface area contributed by atoms with Gasteiger partial charge >= 0.3 is 12.1 Å². The predicted molar refractivity (Wildman–Crippen MR) is 108 cm³/mol. The molecular formula is C23H19F3N2O4. The van der Waals surface area contributed by atoms with E-state index in [1.807, 2.05) is 12.1 Å². The number of hydrogen-bond donors (Lipinski definition) is 1. The van der Waals surface area contributed by atoms with E-state index in [0.717, 1.165) is 28.8 Å². The van der Waals surface area contributed by atoms with E-state index in [1.54, 1.807) is 25.4 Å². The molecule has 1 saturated carbocycles. The minimum Gasteiger partial charge on any atom is -0.496 e. The number of halogens is 3. The second-order valence-corrected chi connectivity index (χ2v) is 7.49. The van der Waals surface area contributed by atoms with Crippen LogP contribution in [0.15, 0.2) is 54.7 Å². The van der Waals surface area contributed by atoms with Gasteiger partial charge in [-0.25, -0.2) is 0 Å². The van der Waals surface area contributed by atoms with E-state index in [2.05, 4.69) is 10.2 Å². The third-order valence-electron chi connectivity index (χ3n) is 5.34. The van der Waals surface area contributed by atoms with Gasteiger partial charge in [-0.3, -0.25) is 4.79 Å². The molecule has 6 nitrogen and oxygen atoms in total. The highest BCUT2D eigenvalue weighted by molar-refractivity contribution is 5.76. The first-order valence-corrected chi connectivity index (χ1v) is 9.79. The predicted octanol–water partition coefficient (Wildman–Crippen LogP) is 4.94. The number of alkyl halides is 3. The fourth-order valence-corrected chi connectivity index (χ4v) is 3.55. The van der Waals surface area contributed by atoms with Gasteiger partial charge in [-0.2, -0.15) is 23.4 Å². The zero-order chi connectivity index (χ0) is 22.9. The molecule has 1 aromatic heterocycles. The molecule has 2 aromatic carbocycles. The van der Waals surface area contributed by atoms with Gasteiger partial charge in [0.05, 0.1) is 24.8 Å². The number of nitrogens with zero attached hydrogens (tertiary/aromatic N) is 2. The number of carboxylic acid groups (broad SMARTS) is 1. The highest BCUT2D eigenvalue weighted by Gasteiger charge is 2.45. The third-order valence-corrected chi connectivity index (χ3v) is 5.34. The molecule has 0 saturated heterocycles. The van der Waals surface area contributed by atoms with Crippen molar-refractivity contribution < 1.29 is 32.5 Å². The maximum Gasteiger partial charge on any atom is 0.416 e. The molecule has 1 heterocycles. The molecule has 0 bridgehead atoms. The van der Waals surface area contributed by atoms with Crippen molar-refractivity contribution in [2.45, 2.75) is 25.1 Å². The molecule has 2 unspecified atom stereocenters. The Morgan fingerprint density at radius 3 is 2.50 bits per heavy atom. The zero-order valence-corrected chi connectivity index (χ0v) is 17.0. The standard InChI is InChI=1S/C23H19F3N2O4/c1-31-21-7-2-13(9-19(21)18-10-20(18)22(29)30)14-8-16(28-27-11-14)12-32-17-5-3-15(4-6-17)23(24,25)26/h2-9,11,18,20H,10,12H2,1H3,(H,29,30). The fourth-order valence-electron chi connectivity index (χ4n) is 3.55. The number of carbonyl (C=O) groups is 1. The first-order chi connectivity index (χ1) is 15.3. The molecular weight excluding hydrogens is 425 g/mol. The maximum absolute atomic E-state index is 12.7. The number of aliphatic carboxylic acids is 1. The highest BCUT2D eigenvalue weighted by Crippen LogP contribution is 2.51. The zero-order valence-electron chi connectivity index (χ0n) is 17.0. The van der Waals surface area contributed by atoms with Crippen LogP contribution in [-0.4, -0.2) is 28.4 Å². The third kappa shape index (κ3) is 4.66. The highest BCUT2D eigenvalue weighted by atomic mass is 19.4. The molecule has 1 aliphatic carbocycles. The van der Waals surface area contributed by atoms with E-state index in [0.29, 0.717) is 17.9 Å². The van der Waals surface area contributed by atoms with Gasteiger partial charge in [0, 0.05) is 11.5 Å². The lowest BCUT2D eigenvalue weighted by Gasteiger charge is -2.12. The lowest BCUT2D eigenvalue weighted by atomic mass is 10.00. The van der Waals surface area contributed by atoms with Gasteiger partial charge in [0.15, 0.2) is 0 Å². The number of benzene rings is 2. The van der Waals surface area contributed by atoms with E-state index >= 15 is 0 Å². The van der Waals surface area contributed by atoms with Crippen LogP contribution < -0.4 is 9.47 Å². The van der Waals surface area contributed by atoms with E-state index in [9.17, 15) is 23.1 Å². The molecule has 1 fully saturated rings. The van der Waals surface area contributed by atoms with Crippen LogP contribution in [0.2, 0.25) is 0 Å². The van der Waals surface area contributed by atoms with Gasteiger partial charge < -0.3 is 14.6 Å². The molecule has 2 atom stereocenters. The summed E-state index contributed by atoms with van der Waals surface area (Å²) in [5.74, 6) is -0.418. The topological polar surface area (TPSA) is 81.5 Å². The minimum atomic E-state index is -4.40. The largest absolute Gasteiger partial charge is 0.496 e. The number of aromatic nitrogens is 2. The summed E-state index contributed by atoms with van der Waals surface area (Å²) in [5, 5.41) is 17.3. The van der Waals surface area contributed by atoms with Gasteiger partial charge in [-0.05, 0) is 60.0 Å². The van der Waals surface area contributed by atoms with Crippen LogP contribution in [-0.2, 0) is 17.6 Å². The first-order valence-electron chi connectivity index (χ1n) is 9.79. The van der Waals surface area contributed by atoms with Crippen LogP contribution in [0, 0.1) is 5.92 Å². The van der Waals surface area contributed by atoms with Crippen LogP contribution in [0.4, 0.5) is 13.2 Å². The summed E-state index contributed by atoms with van der Waals surface area (Å²) in [4.78, 5) is 11.3. The van der Waals surface area contributed by atoms with Crippen molar-refractivity contribution in [3.63, 3.8) is 0 Å². The quantitative estimate of drug-likeness (QED) is 0.556. The Labute approximate surface area is 181 Å². The van der Waals surface area contributed by atoms with Gasteiger partial charge in [-0.1, -0.05) is 6.07 Å². The minimum absolute atomic E-state index is 0.0267. The van der Waals surface area contributed by atoms with Crippen molar-refractivity contribution in [2.24, 2.45) is 5.92 Å².